The van der Waals surface area contributed by atoms with Crippen molar-refractivity contribution < 1.29 is 14.6 Å². The van der Waals surface area contributed by atoms with Crippen LogP contribution in [0.1, 0.15) is 5.56 Å². The van der Waals surface area contributed by atoms with Gasteiger partial charge in [0.05, 0.1) is 13.7 Å². The predicted octanol–water partition coefficient (Wildman–Crippen LogP) is 0.310. The van der Waals surface area contributed by atoms with Crippen LogP contribution in [0.25, 0.3) is 0 Å². The molecule has 1 aromatic carbocycles. The first-order valence-electron chi connectivity index (χ1n) is 4.74. The average Bonchev–Trinajstić information content (AvgIpc) is 2.31. The lowest BCUT2D eigenvalue weighted by Gasteiger charge is -2.13. The Morgan fingerprint density at radius 3 is 2.67 bits per heavy atom. The highest BCUT2D eigenvalue weighted by atomic mass is 16.5. The third-order valence-corrected chi connectivity index (χ3v) is 2.06. The molecule has 1 aromatic rings. The van der Waals surface area contributed by atoms with E-state index in [1.165, 1.54) is 7.11 Å². The first-order valence-corrected chi connectivity index (χ1v) is 4.74. The lowest BCUT2D eigenvalue weighted by molar-refractivity contribution is -0.144. The van der Waals surface area contributed by atoms with Crippen molar-refractivity contribution in [2.75, 3.05) is 13.7 Å². The highest BCUT2D eigenvalue weighted by Crippen LogP contribution is 1.98. The minimum Gasteiger partial charge on any atom is -0.468 e. The van der Waals surface area contributed by atoms with Gasteiger partial charge in [-0.15, -0.1) is 0 Å². The fraction of sp³-hybridized carbons (Fsp3) is 0.364. The quantitative estimate of drug-likeness (QED) is 0.685. The molecule has 0 bridgehead atoms. The molecule has 1 atom stereocenters. The first-order chi connectivity index (χ1) is 7.27. The molecule has 0 amide bonds. The Hall–Kier alpha value is -1.39. The Morgan fingerprint density at radius 2 is 2.13 bits per heavy atom. The SMILES string of the molecule is COC(=O)C(CO)NCc1ccccc1. The van der Waals surface area contributed by atoms with Crippen LogP contribution < -0.4 is 5.32 Å². The predicted molar refractivity (Wildman–Crippen MR) is 56.2 cm³/mol. The molecule has 4 heteroatoms. The van der Waals surface area contributed by atoms with E-state index in [9.17, 15) is 4.79 Å². The molecule has 0 spiro atoms. The lowest BCUT2D eigenvalue weighted by Crippen LogP contribution is -2.40. The molecule has 0 aliphatic heterocycles. The third kappa shape index (κ3) is 3.69. The second kappa shape index (κ2) is 6.16. The lowest BCUT2D eigenvalue weighted by atomic mass is 10.2. The summed E-state index contributed by atoms with van der Waals surface area (Å²) in [4.78, 5) is 11.1. The number of nitrogens with one attached hydrogen (secondary N) is 1. The van der Waals surface area contributed by atoms with Crippen molar-refractivity contribution in [2.45, 2.75) is 12.6 Å². The summed E-state index contributed by atoms with van der Waals surface area (Å²) in [6, 6.07) is 8.99. The van der Waals surface area contributed by atoms with Crippen LogP contribution in [0.4, 0.5) is 0 Å². The van der Waals surface area contributed by atoms with E-state index < -0.39 is 12.0 Å². The van der Waals surface area contributed by atoms with Gasteiger partial charge in [-0.25, -0.2) is 0 Å². The molecule has 2 N–H and O–H groups in total. The van der Waals surface area contributed by atoms with E-state index in [0.29, 0.717) is 6.54 Å². The molecule has 0 saturated carbocycles. The van der Waals surface area contributed by atoms with Gasteiger partial charge in [-0.05, 0) is 5.56 Å². The van der Waals surface area contributed by atoms with Gasteiger partial charge in [-0.2, -0.15) is 0 Å². The normalized spacial score (nSPS) is 12.1. The second-order valence-electron chi connectivity index (χ2n) is 3.12. The van der Waals surface area contributed by atoms with E-state index in [1.54, 1.807) is 0 Å². The summed E-state index contributed by atoms with van der Waals surface area (Å²) >= 11 is 0. The maximum atomic E-state index is 11.1. The van der Waals surface area contributed by atoms with Gasteiger partial charge in [-0.1, -0.05) is 30.3 Å². The van der Waals surface area contributed by atoms with E-state index in [1.807, 2.05) is 30.3 Å². The Balaban J connectivity index is 2.44. The minimum absolute atomic E-state index is 0.264. The van der Waals surface area contributed by atoms with Crippen molar-refractivity contribution in [3.8, 4) is 0 Å². The molecule has 0 radical (unpaired) electrons. The highest BCUT2D eigenvalue weighted by molar-refractivity contribution is 5.75. The van der Waals surface area contributed by atoms with Crippen LogP contribution >= 0.6 is 0 Å². The number of ether oxygens (including phenoxy) is 1. The zero-order chi connectivity index (χ0) is 11.1. The van der Waals surface area contributed by atoms with Gasteiger partial charge in [0.2, 0.25) is 0 Å². The van der Waals surface area contributed by atoms with Crippen molar-refractivity contribution in [2.24, 2.45) is 0 Å². The zero-order valence-corrected chi connectivity index (χ0v) is 8.64. The van der Waals surface area contributed by atoms with Crippen LogP contribution in [0, 0.1) is 0 Å². The van der Waals surface area contributed by atoms with E-state index in [0.717, 1.165) is 5.56 Å². The average molecular weight is 209 g/mol. The van der Waals surface area contributed by atoms with Gasteiger partial charge in [0.25, 0.3) is 0 Å². The van der Waals surface area contributed by atoms with Gasteiger partial charge < -0.3 is 9.84 Å². The topological polar surface area (TPSA) is 58.6 Å². The first kappa shape index (κ1) is 11.7. The Kier molecular flexibility index (Phi) is 4.80. The summed E-state index contributed by atoms with van der Waals surface area (Å²) in [5.41, 5.74) is 1.06. The number of aliphatic hydroxyl groups excluding tert-OH is 1. The van der Waals surface area contributed by atoms with Crippen molar-refractivity contribution in [3.05, 3.63) is 35.9 Å². The van der Waals surface area contributed by atoms with Gasteiger partial charge in [-0.3, -0.25) is 10.1 Å². The molecule has 82 valence electrons. The second-order valence-corrected chi connectivity index (χ2v) is 3.12. The molecule has 0 aromatic heterocycles. The number of esters is 1. The molecule has 1 rings (SSSR count). The number of aliphatic hydroxyl groups is 1. The number of carbonyl (C=O) groups excluding carboxylic acids is 1. The summed E-state index contributed by atoms with van der Waals surface area (Å²) in [6.45, 7) is 0.265. The van der Waals surface area contributed by atoms with Gasteiger partial charge in [0.1, 0.15) is 6.04 Å². The molecule has 4 nitrogen and oxygen atoms in total. The molecule has 0 saturated heterocycles. The molecule has 0 aliphatic rings. The van der Waals surface area contributed by atoms with Crippen LogP contribution in [0.2, 0.25) is 0 Å². The number of benzene rings is 1. The molecular weight excluding hydrogens is 194 g/mol. The van der Waals surface area contributed by atoms with E-state index in [-0.39, 0.29) is 6.61 Å². The van der Waals surface area contributed by atoms with Crippen LogP contribution in [-0.4, -0.2) is 30.8 Å². The Bertz CT molecular complexity index is 300. The van der Waals surface area contributed by atoms with E-state index in [2.05, 4.69) is 10.1 Å². The molecule has 1 unspecified atom stereocenters. The Morgan fingerprint density at radius 1 is 1.47 bits per heavy atom. The number of methoxy groups -OCH3 is 1. The third-order valence-electron chi connectivity index (χ3n) is 2.06. The standard InChI is InChI=1S/C11H15NO3/c1-15-11(14)10(8-13)12-7-9-5-3-2-4-6-9/h2-6,10,12-13H,7-8H2,1H3. The van der Waals surface area contributed by atoms with E-state index in [4.69, 9.17) is 5.11 Å². The maximum Gasteiger partial charge on any atom is 0.325 e. The summed E-state index contributed by atoms with van der Waals surface area (Å²) in [5.74, 6) is -0.451. The molecule has 0 fully saturated rings. The van der Waals surface area contributed by atoms with Crippen molar-refractivity contribution >= 4 is 5.97 Å². The van der Waals surface area contributed by atoms with Gasteiger partial charge >= 0.3 is 5.97 Å². The summed E-state index contributed by atoms with van der Waals surface area (Å²) in [6.07, 6.45) is 0. The number of hydrogen-bond acceptors (Lipinski definition) is 4. The largest absolute Gasteiger partial charge is 0.468 e. The van der Waals surface area contributed by atoms with Crippen molar-refractivity contribution in [3.63, 3.8) is 0 Å². The van der Waals surface area contributed by atoms with Crippen LogP contribution in [0.3, 0.4) is 0 Å². The zero-order valence-electron chi connectivity index (χ0n) is 8.64. The monoisotopic (exact) mass is 209 g/mol. The molecule has 15 heavy (non-hydrogen) atoms. The number of carbonyl (C=O) groups is 1. The van der Waals surface area contributed by atoms with Crippen LogP contribution in [0.15, 0.2) is 30.3 Å². The minimum atomic E-state index is -0.657. The summed E-state index contributed by atoms with van der Waals surface area (Å²) in [5, 5.41) is 11.9. The van der Waals surface area contributed by atoms with Crippen molar-refractivity contribution in [1.29, 1.82) is 0 Å². The highest BCUT2D eigenvalue weighted by Gasteiger charge is 2.16. The fourth-order valence-electron chi connectivity index (χ4n) is 1.20. The maximum absolute atomic E-state index is 11.1. The molecule has 0 aliphatic carbocycles. The number of rotatable bonds is 5. The number of hydrogen-bond donors (Lipinski definition) is 2. The molecular formula is C11H15NO3. The Labute approximate surface area is 88.9 Å². The van der Waals surface area contributed by atoms with Gasteiger partial charge in [0, 0.05) is 6.54 Å². The van der Waals surface area contributed by atoms with Crippen molar-refractivity contribution in [1.82, 2.24) is 5.32 Å². The van der Waals surface area contributed by atoms with E-state index >= 15 is 0 Å². The fourth-order valence-corrected chi connectivity index (χ4v) is 1.20. The van der Waals surface area contributed by atoms with Crippen LogP contribution in [-0.2, 0) is 16.1 Å². The molecule has 0 heterocycles. The van der Waals surface area contributed by atoms with Crippen LogP contribution in [0.5, 0.6) is 0 Å². The smallest absolute Gasteiger partial charge is 0.325 e. The summed E-state index contributed by atoms with van der Waals surface area (Å²) in [7, 11) is 1.30. The summed E-state index contributed by atoms with van der Waals surface area (Å²) < 4.78 is 4.53. The van der Waals surface area contributed by atoms with Gasteiger partial charge in [0.15, 0.2) is 0 Å².